The lowest BCUT2D eigenvalue weighted by molar-refractivity contribution is 0.0485. The van der Waals surface area contributed by atoms with Crippen molar-refractivity contribution in [1.82, 2.24) is 0 Å². The summed E-state index contributed by atoms with van der Waals surface area (Å²) in [6.07, 6.45) is 0. The monoisotopic (exact) mass is 236 g/mol. The van der Waals surface area contributed by atoms with Crippen LogP contribution < -0.4 is 5.63 Å². The number of esters is 1. The number of rotatable bonds is 2. The predicted molar refractivity (Wildman–Crippen MR) is 58.4 cm³/mol. The maximum Gasteiger partial charge on any atom is 0.374 e. The summed E-state index contributed by atoms with van der Waals surface area (Å²) in [5, 5.41) is 0.531. The van der Waals surface area contributed by atoms with Gasteiger partial charge in [0, 0.05) is 0 Å². The number of hydrogen-bond acceptors (Lipinski definition) is 4. The minimum absolute atomic E-state index is 0.0954. The van der Waals surface area contributed by atoms with Crippen LogP contribution in [0, 0.1) is 5.82 Å². The fraction of sp³-hybridized carbons (Fsp3) is 0.167. The van der Waals surface area contributed by atoms with E-state index in [0.29, 0.717) is 5.39 Å². The van der Waals surface area contributed by atoms with Gasteiger partial charge in [-0.3, -0.25) is 0 Å². The average Bonchev–Trinajstić information content (AvgIpc) is 2.30. The van der Waals surface area contributed by atoms with Crippen molar-refractivity contribution in [3.63, 3.8) is 0 Å². The van der Waals surface area contributed by atoms with Crippen molar-refractivity contribution >= 4 is 16.7 Å². The number of halogens is 1. The highest BCUT2D eigenvalue weighted by Crippen LogP contribution is 2.14. The third kappa shape index (κ3) is 2.18. The van der Waals surface area contributed by atoms with Gasteiger partial charge in [0.1, 0.15) is 5.82 Å². The van der Waals surface area contributed by atoms with Crippen LogP contribution in [-0.2, 0) is 4.74 Å². The summed E-state index contributed by atoms with van der Waals surface area (Å²) in [6, 6.07) is 5.03. The quantitative estimate of drug-likeness (QED) is 0.749. The summed E-state index contributed by atoms with van der Waals surface area (Å²) in [5.41, 5.74) is -0.759. The number of ether oxygens (including phenoxy) is 1. The van der Waals surface area contributed by atoms with Crippen molar-refractivity contribution in [3.05, 3.63) is 46.3 Å². The summed E-state index contributed by atoms with van der Waals surface area (Å²) >= 11 is 0. The molecule has 0 spiro atoms. The Morgan fingerprint density at radius 2 is 2.18 bits per heavy atom. The van der Waals surface area contributed by atoms with E-state index in [1.165, 1.54) is 18.2 Å². The molecular weight excluding hydrogens is 227 g/mol. The molecule has 88 valence electrons. The maximum atomic E-state index is 12.9. The molecule has 4 nitrogen and oxygen atoms in total. The second kappa shape index (κ2) is 4.37. The largest absolute Gasteiger partial charge is 0.460 e. The minimum atomic E-state index is -0.759. The Morgan fingerprint density at radius 3 is 2.88 bits per heavy atom. The molecule has 1 heterocycles. The van der Waals surface area contributed by atoms with Crippen LogP contribution in [0.2, 0.25) is 0 Å². The van der Waals surface area contributed by atoms with E-state index in [1.54, 1.807) is 6.92 Å². The highest BCUT2D eigenvalue weighted by Gasteiger charge is 2.13. The van der Waals surface area contributed by atoms with E-state index in [9.17, 15) is 14.0 Å². The predicted octanol–water partition coefficient (Wildman–Crippen LogP) is 2.11. The molecule has 0 saturated heterocycles. The third-order valence-electron chi connectivity index (χ3n) is 2.20. The highest BCUT2D eigenvalue weighted by molar-refractivity contribution is 5.91. The SMILES string of the molecule is CCOC(=O)c1cc2ccc(F)cc2c(=O)o1. The van der Waals surface area contributed by atoms with Crippen molar-refractivity contribution in [3.8, 4) is 0 Å². The fourth-order valence-electron chi connectivity index (χ4n) is 1.46. The second-order valence-corrected chi connectivity index (χ2v) is 3.35. The zero-order valence-electron chi connectivity index (χ0n) is 9.03. The average molecular weight is 236 g/mol. The lowest BCUT2D eigenvalue weighted by Crippen LogP contribution is -2.10. The molecule has 0 fully saturated rings. The molecule has 5 heteroatoms. The summed E-state index contributed by atoms with van der Waals surface area (Å²) in [5.74, 6) is -1.43. The van der Waals surface area contributed by atoms with Gasteiger partial charge in [0.2, 0.25) is 5.76 Å². The zero-order chi connectivity index (χ0) is 12.4. The number of fused-ring (bicyclic) bond motifs is 1. The smallest absolute Gasteiger partial charge is 0.374 e. The van der Waals surface area contributed by atoms with Crippen LogP contribution in [0.25, 0.3) is 10.8 Å². The molecule has 0 atom stereocenters. The first-order valence-electron chi connectivity index (χ1n) is 5.02. The van der Waals surface area contributed by atoms with Gasteiger partial charge in [-0.25, -0.2) is 14.0 Å². The summed E-state index contributed by atoms with van der Waals surface area (Å²) in [4.78, 5) is 22.9. The first-order valence-corrected chi connectivity index (χ1v) is 5.02. The van der Waals surface area contributed by atoms with Crippen molar-refractivity contribution < 1.29 is 18.3 Å². The van der Waals surface area contributed by atoms with Gasteiger partial charge in [-0.15, -0.1) is 0 Å². The summed E-state index contributed by atoms with van der Waals surface area (Å²) in [6.45, 7) is 1.83. The number of carbonyl (C=O) groups is 1. The Morgan fingerprint density at radius 1 is 1.41 bits per heavy atom. The van der Waals surface area contributed by atoms with Crippen LogP contribution in [0.5, 0.6) is 0 Å². The van der Waals surface area contributed by atoms with Gasteiger partial charge in [-0.1, -0.05) is 6.07 Å². The second-order valence-electron chi connectivity index (χ2n) is 3.35. The molecular formula is C12H9FO4. The molecule has 1 aromatic heterocycles. The van der Waals surface area contributed by atoms with Gasteiger partial charge in [0.05, 0.1) is 12.0 Å². The normalized spacial score (nSPS) is 10.5. The Balaban J connectivity index is 2.60. The molecule has 0 bridgehead atoms. The number of hydrogen-bond donors (Lipinski definition) is 0. The minimum Gasteiger partial charge on any atom is -0.460 e. The maximum absolute atomic E-state index is 12.9. The molecule has 0 N–H and O–H groups in total. The van der Waals surface area contributed by atoms with E-state index in [4.69, 9.17) is 9.15 Å². The zero-order valence-corrected chi connectivity index (χ0v) is 9.03. The molecule has 0 radical (unpaired) electrons. The fourth-order valence-corrected chi connectivity index (χ4v) is 1.46. The molecule has 1 aromatic carbocycles. The standard InChI is InChI=1S/C12H9FO4/c1-2-16-12(15)10-5-7-3-4-8(13)6-9(7)11(14)17-10/h3-6H,2H2,1H3. The summed E-state index contributed by atoms with van der Waals surface area (Å²) in [7, 11) is 0. The van der Waals surface area contributed by atoms with Crippen LogP contribution in [0.4, 0.5) is 4.39 Å². The molecule has 0 aliphatic carbocycles. The van der Waals surface area contributed by atoms with Gasteiger partial charge in [-0.2, -0.15) is 0 Å². The molecule has 0 amide bonds. The van der Waals surface area contributed by atoms with Crippen molar-refractivity contribution in [1.29, 1.82) is 0 Å². The van der Waals surface area contributed by atoms with Crippen LogP contribution in [0.3, 0.4) is 0 Å². The Hall–Kier alpha value is -2.17. The van der Waals surface area contributed by atoms with Gasteiger partial charge in [0.25, 0.3) is 0 Å². The van der Waals surface area contributed by atoms with Crippen LogP contribution in [0.15, 0.2) is 33.5 Å². The molecule has 2 rings (SSSR count). The van der Waals surface area contributed by atoms with E-state index in [1.807, 2.05) is 0 Å². The van der Waals surface area contributed by atoms with Crippen molar-refractivity contribution in [2.45, 2.75) is 6.92 Å². The van der Waals surface area contributed by atoms with Crippen molar-refractivity contribution in [2.24, 2.45) is 0 Å². The van der Waals surface area contributed by atoms with Crippen LogP contribution in [-0.4, -0.2) is 12.6 Å². The third-order valence-corrected chi connectivity index (χ3v) is 2.20. The lowest BCUT2D eigenvalue weighted by Gasteiger charge is -2.02. The van der Waals surface area contributed by atoms with E-state index in [-0.39, 0.29) is 17.8 Å². The van der Waals surface area contributed by atoms with Gasteiger partial charge in [-0.05, 0) is 30.5 Å². The topological polar surface area (TPSA) is 56.5 Å². The van der Waals surface area contributed by atoms with E-state index in [0.717, 1.165) is 6.07 Å². The Kier molecular flexibility index (Phi) is 2.91. The van der Waals surface area contributed by atoms with Gasteiger partial charge in [0.15, 0.2) is 0 Å². The molecule has 0 aliphatic rings. The summed E-state index contributed by atoms with van der Waals surface area (Å²) < 4.78 is 22.4. The Bertz CT molecular complexity index is 630. The van der Waals surface area contributed by atoms with Gasteiger partial charge < -0.3 is 9.15 Å². The molecule has 2 aromatic rings. The number of carbonyl (C=O) groups excluding carboxylic acids is 1. The molecule has 0 saturated carbocycles. The Labute approximate surface area is 95.6 Å². The van der Waals surface area contributed by atoms with Crippen LogP contribution in [0.1, 0.15) is 17.5 Å². The first-order chi connectivity index (χ1) is 8.11. The van der Waals surface area contributed by atoms with Crippen LogP contribution >= 0.6 is 0 Å². The lowest BCUT2D eigenvalue weighted by atomic mass is 10.1. The number of benzene rings is 1. The van der Waals surface area contributed by atoms with Gasteiger partial charge >= 0.3 is 11.6 Å². The molecule has 17 heavy (non-hydrogen) atoms. The molecule has 0 aliphatic heterocycles. The first kappa shape index (κ1) is 11.3. The van der Waals surface area contributed by atoms with E-state index >= 15 is 0 Å². The highest BCUT2D eigenvalue weighted by atomic mass is 19.1. The van der Waals surface area contributed by atoms with Crippen molar-refractivity contribution in [2.75, 3.05) is 6.61 Å². The van der Waals surface area contributed by atoms with E-state index < -0.39 is 17.4 Å². The van der Waals surface area contributed by atoms with E-state index in [2.05, 4.69) is 0 Å². The molecule has 0 unspecified atom stereocenters.